The Morgan fingerprint density at radius 3 is 2.86 bits per heavy atom. The van der Waals surface area contributed by atoms with Gasteiger partial charge in [-0.2, -0.15) is 0 Å². The molecule has 14 heavy (non-hydrogen) atoms. The maximum Gasteiger partial charge on any atom is 0.250 e. The summed E-state index contributed by atoms with van der Waals surface area (Å²) in [7, 11) is 1.57. The van der Waals surface area contributed by atoms with Crippen molar-refractivity contribution in [1.82, 2.24) is 4.57 Å². The molecule has 0 fully saturated rings. The fraction of sp³-hybridized carbons (Fsp3) is 0.400. The van der Waals surface area contributed by atoms with E-state index in [1.165, 1.54) is 16.7 Å². The van der Waals surface area contributed by atoms with Crippen molar-refractivity contribution in [3.8, 4) is 0 Å². The number of aliphatic hydroxyl groups is 1. The Labute approximate surface area is 80.8 Å². The maximum absolute atomic E-state index is 11.5. The molecule has 0 radical (unpaired) electrons. The first-order chi connectivity index (χ1) is 6.61. The van der Waals surface area contributed by atoms with Crippen molar-refractivity contribution < 1.29 is 9.90 Å². The van der Waals surface area contributed by atoms with Crippen LogP contribution in [0.3, 0.4) is 0 Å². The van der Waals surface area contributed by atoms with Crippen LogP contribution < -0.4 is 5.56 Å². The molecule has 0 amide bonds. The fourth-order valence-electron chi connectivity index (χ4n) is 1.83. The molecule has 1 aliphatic carbocycles. The molecule has 1 heterocycles. The van der Waals surface area contributed by atoms with Crippen molar-refractivity contribution >= 4 is 5.78 Å². The molecule has 4 heteroatoms. The van der Waals surface area contributed by atoms with Gasteiger partial charge in [0.25, 0.3) is 5.56 Å². The molecule has 74 valence electrons. The van der Waals surface area contributed by atoms with Crippen LogP contribution in [-0.4, -0.2) is 15.5 Å². The van der Waals surface area contributed by atoms with Crippen molar-refractivity contribution in [2.24, 2.45) is 7.05 Å². The minimum absolute atomic E-state index is 0.000833. The van der Waals surface area contributed by atoms with E-state index in [0.29, 0.717) is 24.1 Å². The molecule has 1 unspecified atom stereocenters. The molecule has 1 aromatic heterocycles. The van der Waals surface area contributed by atoms with Crippen LogP contribution in [0.5, 0.6) is 0 Å². The summed E-state index contributed by atoms with van der Waals surface area (Å²) in [5.74, 6) is 0.000833. The highest BCUT2D eigenvalue weighted by molar-refractivity contribution is 5.98. The number of fused-ring (bicyclic) bond motifs is 1. The molecule has 0 bridgehead atoms. The second-order valence-electron chi connectivity index (χ2n) is 3.51. The lowest BCUT2D eigenvalue weighted by atomic mass is 9.92. The van der Waals surface area contributed by atoms with Gasteiger partial charge in [0.05, 0.1) is 11.8 Å². The van der Waals surface area contributed by atoms with Crippen molar-refractivity contribution in [3.05, 3.63) is 33.7 Å². The smallest absolute Gasteiger partial charge is 0.250 e. The van der Waals surface area contributed by atoms with Crippen molar-refractivity contribution in [2.45, 2.75) is 18.9 Å². The normalized spacial score (nSPS) is 20.7. The highest BCUT2D eigenvalue weighted by Crippen LogP contribution is 2.27. The summed E-state index contributed by atoms with van der Waals surface area (Å²) in [6.45, 7) is 0. The minimum Gasteiger partial charge on any atom is -0.387 e. The van der Waals surface area contributed by atoms with E-state index in [1.807, 2.05) is 0 Å². The molecule has 1 atom stereocenters. The second-order valence-corrected chi connectivity index (χ2v) is 3.51. The average molecular weight is 193 g/mol. The van der Waals surface area contributed by atoms with Gasteiger partial charge >= 0.3 is 0 Å². The molecule has 0 aliphatic heterocycles. The van der Waals surface area contributed by atoms with Gasteiger partial charge in [-0.05, 0) is 12.5 Å². The monoisotopic (exact) mass is 193 g/mol. The Bertz CT molecular complexity index is 447. The third-order valence-electron chi connectivity index (χ3n) is 2.62. The molecule has 0 spiro atoms. The van der Waals surface area contributed by atoms with E-state index in [1.54, 1.807) is 7.05 Å². The first-order valence-electron chi connectivity index (χ1n) is 4.52. The van der Waals surface area contributed by atoms with Crippen LogP contribution in [0.4, 0.5) is 0 Å². The number of carbonyl (C=O) groups excluding carboxylic acids is 1. The third-order valence-corrected chi connectivity index (χ3v) is 2.62. The summed E-state index contributed by atoms with van der Waals surface area (Å²) in [5, 5.41) is 9.67. The zero-order chi connectivity index (χ0) is 10.3. The number of nitrogens with zero attached hydrogens (tertiary/aromatic N) is 1. The first kappa shape index (κ1) is 9.15. The Morgan fingerprint density at radius 1 is 1.43 bits per heavy atom. The molecule has 1 aromatic rings. The molecule has 0 saturated carbocycles. The Morgan fingerprint density at radius 2 is 2.14 bits per heavy atom. The number of ketones is 1. The summed E-state index contributed by atoms with van der Waals surface area (Å²) >= 11 is 0. The largest absolute Gasteiger partial charge is 0.387 e. The topological polar surface area (TPSA) is 59.3 Å². The standard InChI is InChI=1S/C10H11NO3/c1-11-9(14)5-2-6-7(12)3-4-8(13)10(6)11/h2,5,8,13H,3-4H2,1H3. The number of hydrogen-bond donors (Lipinski definition) is 1. The lowest BCUT2D eigenvalue weighted by Crippen LogP contribution is -2.27. The van der Waals surface area contributed by atoms with Crippen molar-refractivity contribution in [3.63, 3.8) is 0 Å². The Hall–Kier alpha value is -1.42. The number of Topliss-reactive ketones (excluding diaryl/α,β-unsaturated/α-hetero) is 1. The van der Waals surface area contributed by atoms with E-state index < -0.39 is 6.10 Å². The second kappa shape index (κ2) is 3.06. The number of hydrogen-bond acceptors (Lipinski definition) is 3. The molecular formula is C10H11NO3. The zero-order valence-corrected chi connectivity index (χ0v) is 7.86. The number of pyridine rings is 1. The van der Waals surface area contributed by atoms with Crippen LogP contribution in [0.1, 0.15) is 35.0 Å². The summed E-state index contributed by atoms with van der Waals surface area (Å²) in [6, 6.07) is 2.86. The molecule has 1 N–H and O–H groups in total. The minimum atomic E-state index is -0.693. The van der Waals surface area contributed by atoms with E-state index >= 15 is 0 Å². The number of aliphatic hydroxyl groups excluding tert-OH is 1. The fourth-order valence-corrected chi connectivity index (χ4v) is 1.83. The van der Waals surface area contributed by atoms with Crippen molar-refractivity contribution in [1.29, 1.82) is 0 Å². The predicted molar refractivity (Wildman–Crippen MR) is 50.2 cm³/mol. The summed E-state index contributed by atoms with van der Waals surface area (Å²) in [5.41, 5.74) is 0.733. The molecule has 1 aliphatic rings. The molecular weight excluding hydrogens is 182 g/mol. The SMILES string of the molecule is Cn1c2c(ccc1=O)C(=O)CCC2O. The van der Waals surface area contributed by atoms with Crippen LogP contribution >= 0.6 is 0 Å². The van der Waals surface area contributed by atoms with Gasteiger partial charge in [-0.3, -0.25) is 9.59 Å². The Kier molecular flexibility index (Phi) is 2.00. The van der Waals surface area contributed by atoms with Gasteiger partial charge < -0.3 is 9.67 Å². The van der Waals surface area contributed by atoms with Gasteiger partial charge in [0, 0.05) is 25.1 Å². The number of aromatic nitrogens is 1. The van der Waals surface area contributed by atoms with E-state index in [2.05, 4.69) is 0 Å². The van der Waals surface area contributed by atoms with Crippen LogP contribution in [0.25, 0.3) is 0 Å². The average Bonchev–Trinajstić information content (AvgIpc) is 2.16. The van der Waals surface area contributed by atoms with E-state index in [9.17, 15) is 14.7 Å². The third kappa shape index (κ3) is 1.19. The van der Waals surface area contributed by atoms with E-state index in [4.69, 9.17) is 0 Å². The molecule has 0 aromatic carbocycles. The van der Waals surface area contributed by atoms with E-state index in [0.717, 1.165) is 0 Å². The summed E-state index contributed by atoms with van der Waals surface area (Å²) < 4.78 is 1.34. The molecule has 2 rings (SSSR count). The predicted octanol–water partition coefficient (Wildman–Crippen LogP) is 0.395. The van der Waals surface area contributed by atoms with Crippen molar-refractivity contribution in [2.75, 3.05) is 0 Å². The lowest BCUT2D eigenvalue weighted by molar-refractivity contribution is 0.0881. The highest BCUT2D eigenvalue weighted by Gasteiger charge is 2.26. The summed E-state index contributed by atoms with van der Waals surface area (Å²) in [4.78, 5) is 22.8. The lowest BCUT2D eigenvalue weighted by Gasteiger charge is -2.22. The molecule has 4 nitrogen and oxygen atoms in total. The summed E-state index contributed by atoms with van der Waals surface area (Å²) in [6.07, 6.45) is 0.0665. The number of rotatable bonds is 0. The van der Waals surface area contributed by atoms with Gasteiger partial charge in [-0.25, -0.2) is 0 Å². The first-order valence-corrected chi connectivity index (χ1v) is 4.52. The van der Waals surface area contributed by atoms with Gasteiger partial charge in [0.15, 0.2) is 5.78 Å². The van der Waals surface area contributed by atoms with E-state index in [-0.39, 0.29) is 11.3 Å². The van der Waals surface area contributed by atoms with Crippen LogP contribution in [-0.2, 0) is 7.05 Å². The van der Waals surface area contributed by atoms with Crippen LogP contribution in [0.15, 0.2) is 16.9 Å². The van der Waals surface area contributed by atoms with Crippen LogP contribution in [0, 0.1) is 0 Å². The quantitative estimate of drug-likeness (QED) is 0.648. The molecule has 0 saturated heterocycles. The van der Waals surface area contributed by atoms with Gasteiger partial charge in [0.2, 0.25) is 0 Å². The zero-order valence-electron chi connectivity index (χ0n) is 7.86. The van der Waals surface area contributed by atoms with Gasteiger partial charge in [-0.1, -0.05) is 0 Å². The maximum atomic E-state index is 11.5. The highest BCUT2D eigenvalue weighted by atomic mass is 16.3. The van der Waals surface area contributed by atoms with Gasteiger partial charge in [0.1, 0.15) is 0 Å². The number of carbonyl (C=O) groups is 1. The Balaban J connectivity index is 2.73. The van der Waals surface area contributed by atoms with Crippen LogP contribution in [0.2, 0.25) is 0 Å². The van der Waals surface area contributed by atoms with Gasteiger partial charge in [-0.15, -0.1) is 0 Å².